The van der Waals surface area contributed by atoms with Gasteiger partial charge in [-0.25, -0.2) is 0 Å². The number of carbonyl (C=O) groups is 1. The molecule has 6 heteroatoms. The van der Waals surface area contributed by atoms with E-state index in [1.165, 1.54) is 0 Å². The van der Waals surface area contributed by atoms with E-state index in [4.69, 9.17) is 21.1 Å². The van der Waals surface area contributed by atoms with E-state index in [0.29, 0.717) is 26.2 Å². The number of morpholine rings is 2. The molecule has 2 saturated heterocycles. The molecule has 0 N–H and O–H groups in total. The van der Waals surface area contributed by atoms with Gasteiger partial charge in [0.2, 0.25) is 5.91 Å². The fourth-order valence-electron chi connectivity index (χ4n) is 3.68. The van der Waals surface area contributed by atoms with Crippen molar-refractivity contribution in [2.45, 2.75) is 45.1 Å². The third kappa shape index (κ3) is 4.53. The van der Waals surface area contributed by atoms with Crippen molar-refractivity contribution in [2.75, 3.05) is 32.8 Å². The molecule has 1 aromatic rings. The molecule has 2 heterocycles. The van der Waals surface area contributed by atoms with E-state index in [0.717, 1.165) is 17.1 Å². The summed E-state index contributed by atoms with van der Waals surface area (Å²) in [6.07, 6.45) is 0.154. The number of halogens is 1. The predicted octanol–water partition coefficient (Wildman–Crippen LogP) is 2.74. The summed E-state index contributed by atoms with van der Waals surface area (Å²) in [6.45, 7) is 9.48. The Labute approximate surface area is 154 Å². The molecular weight excluding hydrogens is 340 g/mol. The van der Waals surface area contributed by atoms with Crippen LogP contribution < -0.4 is 0 Å². The summed E-state index contributed by atoms with van der Waals surface area (Å²) in [4.78, 5) is 17.1. The molecule has 0 bridgehead atoms. The maximum Gasteiger partial charge on any atom is 0.239 e. The van der Waals surface area contributed by atoms with Gasteiger partial charge in [0.05, 0.1) is 31.0 Å². The van der Waals surface area contributed by atoms with Crippen molar-refractivity contribution < 1.29 is 14.3 Å². The van der Waals surface area contributed by atoms with E-state index >= 15 is 0 Å². The van der Waals surface area contributed by atoms with Crippen LogP contribution in [-0.4, -0.2) is 66.7 Å². The molecule has 0 radical (unpaired) electrons. The minimum Gasteiger partial charge on any atom is -0.372 e. The maximum absolute atomic E-state index is 12.9. The summed E-state index contributed by atoms with van der Waals surface area (Å²) in [5.74, 6) is 0.179. The second-order valence-corrected chi connectivity index (χ2v) is 7.52. The molecule has 25 heavy (non-hydrogen) atoms. The van der Waals surface area contributed by atoms with E-state index in [9.17, 15) is 4.79 Å². The Morgan fingerprint density at radius 2 is 1.80 bits per heavy atom. The largest absolute Gasteiger partial charge is 0.372 e. The van der Waals surface area contributed by atoms with Crippen LogP contribution in [0.15, 0.2) is 24.3 Å². The number of nitrogens with zero attached hydrogens (tertiary/aromatic N) is 2. The SMILES string of the molecule is C[C@@H]1CN(C(=O)[C@H](C)N2CCO[C@@H](c3ccc(Cl)cc3)C2)C[C@@H](C)O1. The molecule has 0 aromatic heterocycles. The van der Waals surface area contributed by atoms with Gasteiger partial charge < -0.3 is 14.4 Å². The van der Waals surface area contributed by atoms with Crippen LogP contribution in [-0.2, 0) is 14.3 Å². The molecule has 0 aliphatic carbocycles. The first-order chi connectivity index (χ1) is 11.9. The van der Waals surface area contributed by atoms with Gasteiger partial charge in [-0.15, -0.1) is 0 Å². The molecule has 0 spiro atoms. The first-order valence-electron chi connectivity index (χ1n) is 8.99. The Hall–Kier alpha value is -1.14. The second-order valence-electron chi connectivity index (χ2n) is 7.08. The summed E-state index contributed by atoms with van der Waals surface area (Å²) in [6, 6.07) is 7.59. The van der Waals surface area contributed by atoms with Gasteiger partial charge in [-0.05, 0) is 38.5 Å². The van der Waals surface area contributed by atoms with Gasteiger partial charge in [-0.2, -0.15) is 0 Å². The van der Waals surface area contributed by atoms with Crippen molar-refractivity contribution in [2.24, 2.45) is 0 Å². The van der Waals surface area contributed by atoms with E-state index < -0.39 is 0 Å². The van der Waals surface area contributed by atoms with Crippen LogP contribution in [0.25, 0.3) is 0 Å². The topological polar surface area (TPSA) is 42.0 Å². The number of carbonyl (C=O) groups excluding carboxylic acids is 1. The van der Waals surface area contributed by atoms with Crippen molar-refractivity contribution in [1.29, 1.82) is 0 Å². The summed E-state index contributed by atoms with van der Waals surface area (Å²) in [5, 5.41) is 0.718. The van der Waals surface area contributed by atoms with Gasteiger partial charge in [-0.3, -0.25) is 9.69 Å². The molecule has 138 valence electrons. The lowest BCUT2D eigenvalue weighted by Crippen LogP contribution is -2.56. The van der Waals surface area contributed by atoms with Crippen LogP contribution in [0.2, 0.25) is 5.02 Å². The normalized spacial score (nSPS) is 29.4. The fourth-order valence-corrected chi connectivity index (χ4v) is 3.80. The summed E-state index contributed by atoms with van der Waals surface area (Å²) < 4.78 is 11.7. The van der Waals surface area contributed by atoms with Gasteiger partial charge in [0.15, 0.2) is 0 Å². The van der Waals surface area contributed by atoms with Crippen LogP contribution in [0.1, 0.15) is 32.4 Å². The van der Waals surface area contributed by atoms with Crippen molar-refractivity contribution in [3.05, 3.63) is 34.9 Å². The highest BCUT2D eigenvalue weighted by molar-refractivity contribution is 6.30. The quantitative estimate of drug-likeness (QED) is 0.825. The molecule has 2 aliphatic rings. The Morgan fingerprint density at radius 3 is 2.44 bits per heavy atom. The lowest BCUT2D eigenvalue weighted by molar-refractivity contribution is -0.151. The van der Waals surface area contributed by atoms with E-state index in [2.05, 4.69) is 4.90 Å². The van der Waals surface area contributed by atoms with Crippen LogP contribution in [0, 0.1) is 0 Å². The predicted molar refractivity (Wildman–Crippen MR) is 97.8 cm³/mol. The Balaban J connectivity index is 1.64. The number of hydrogen-bond donors (Lipinski definition) is 0. The standard InChI is InChI=1S/C19H27ClN2O3/c1-13-10-22(11-14(2)25-13)19(23)15(3)21-8-9-24-18(12-21)16-4-6-17(20)7-5-16/h4-7,13-15,18H,8-12H2,1-3H3/t13-,14-,15+,18-/m1/s1. The highest BCUT2D eigenvalue weighted by atomic mass is 35.5. The Kier molecular flexibility index (Phi) is 6.00. The van der Waals surface area contributed by atoms with Crippen LogP contribution in [0.3, 0.4) is 0 Å². The average molecular weight is 367 g/mol. The number of hydrogen-bond acceptors (Lipinski definition) is 4. The van der Waals surface area contributed by atoms with Crippen LogP contribution in [0.5, 0.6) is 0 Å². The van der Waals surface area contributed by atoms with Gasteiger partial charge in [0, 0.05) is 31.2 Å². The molecule has 1 aromatic carbocycles. The number of ether oxygens (including phenoxy) is 2. The van der Waals surface area contributed by atoms with Crippen molar-refractivity contribution in [1.82, 2.24) is 9.80 Å². The molecule has 4 atom stereocenters. The zero-order valence-corrected chi connectivity index (χ0v) is 15.9. The molecule has 2 fully saturated rings. The molecule has 0 unspecified atom stereocenters. The monoisotopic (exact) mass is 366 g/mol. The molecule has 3 rings (SSSR count). The van der Waals surface area contributed by atoms with Gasteiger partial charge in [-0.1, -0.05) is 23.7 Å². The molecule has 5 nitrogen and oxygen atoms in total. The van der Waals surface area contributed by atoms with Gasteiger partial charge in [0.25, 0.3) is 0 Å². The summed E-state index contributed by atoms with van der Waals surface area (Å²) >= 11 is 5.97. The third-order valence-corrected chi connectivity index (χ3v) is 5.23. The van der Waals surface area contributed by atoms with Gasteiger partial charge in [0.1, 0.15) is 0 Å². The molecular formula is C19H27ClN2O3. The number of rotatable bonds is 3. The highest BCUT2D eigenvalue weighted by Crippen LogP contribution is 2.25. The first-order valence-corrected chi connectivity index (χ1v) is 9.37. The summed E-state index contributed by atoms with van der Waals surface area (Å²) in [7, 11) is 0. The Morgan fingerprint density at radius 1 is 1.16 bits per heavy atom. The minimum absolute atomic E-state index is 0.0243. The van der Waals surface area contributed by atoms with Crippen molar-refractivity contribution >= 4 is 17.5 Å². The maximum atomic E-state index is 12.9. The lowest BCUT2D eigenvalue weighted by Gasteiger charge is -2.41. The van der Waals surface area contributed by atoms with E-state index in [-0.39, 0.29) is 30.3 Å². The fraction of sp³-hybridized carbons (Fsp3) is 0.632. The Bertz CT molecular complexity index is 585. The smallest absolute Gasteiger partial charge is 0.239 e. The third-order valence-electron chi connectivity index (χ3n) is 4.98. The number of benzene rings is 1. The summed E-state index contributed by atoms with van der Waals surface area (Å²) in [5.41, 5.74) is 1.10. The minimum atomic E-state index is -0.156. The van der Waals surface area contributed by atoms with E-state index in [1.54, 1.807) is 0 Å². The molecule has 2 aliphatic heterocycles. The zero-order chi connectivity index (χ0) is 18.0. The average Bonchev–Trinajstić information content (AvgIpc) is 2.60. The van der Waals surface area contributed by atoms with Crippen LogP contribution in [0.4, 0.5) is 0 Å². The highest BCUT2D eigenvalue weighted by Gasteiger charge is 2.33. The van der Waals surface area contributed by atoms with Gasteiger partial charge >= 0.3 is 0 Å². The molecule has 0 saturated carbocycles. The molecule has 1 amide bonds. The van der Waals surface area contributed by atoms with Crippen LogP contribution >= 0.6 is 11.6 Å². The zero-order valence-electron chi connectivity index (χ0n) is 15.2. The number of amides is 1. The second kappa shape index (κ2) is 8.04. The lowest BCUT2D eigenvalue weighted by atomic mass is 10.1. The van der Waals surface area contributed by atoms with Crippen molar-refractivity contribution in [3.63, 3.8) is 0 Å². The van der Waals surface area contributed by atoms with E-state index in [1.807, 2.05) is 49.9 Å². The van der Waals surface area contributed by atoms with Crippen molar-refractivity contribution in [3.8, 4) is 0 Å². The first kappa shape index (κ1) is 18.6.